The molecule has 190 valence electrons. The first kappa shape index (κ1) is 29.8. The van der Waals surface area contributed by atoms with Crippen molar-refractivity contribution in [3.05, 3.63) is 23.8 Å². The third-order valence-electron chi connectivity index (χ3n) is 6.55. The molecule has 0 saturated carbocycles. The van der Waals surface area contributed by atoms with Crippen molar-refractivity contribution in [2.45, 2.75) is 123 Å². The number of carbonyl (C=O) groups excluding carboxylic acids is 1. The minimum atomic E-state index is 0. The normalized spacial score (nSPS) is 14.0. The van der Waals surface area contributed by atoms with Gasteiger partial charge in [-0.1, -0.05) is 84.0 Å². The zero-order valence-corrected chi connectivity index (χ0v) is 22.1. The Kier molecular flexibility index (Phi) is 17.2. The number of aryl methyl sites for hydroxylation is 1. The van der Waals surface area contributed by atoms with Crippen LogP contribution in [0.5, 0.6) is 5.75 Å². The van der Waals surface area contributed by atoms with Crippen molar-refractivity contribution in [2.75, 3.05) is 18.4 Å². The van der Waals surface area contributed by atoms with Crippen LogP contribution in [0.1, 0.15) is 115 Å². The molecule has 0 bridgehead atoms. The van der Waals surface area contributed by atoms with Gasteiger partial charge in [0, 0.05) is 12.1 Å². The molecule has 1 aromatic rings. The molecule has 1 aromatic carbocycles. The number of nitrogens with one attached hydrogen (secondary N) is 2. The van der Waals surface area contributed by atoms with Gasteiger partial charge in [-0.3, -0.25) is 4.79 Å². The molecular formula is C28H49ClN2O2. The van der Waals surface area contributed by atoms with Gasteiger partial charge in [-0.25, -0.2) is 0 Å². The van der Waals surface area contributed by atoms with Gasteiger partial charge in [-0.2, -0.15) is 0 Å². The topological polar surface area (TPSA) is 50.4 Å². The lowest BCUT2D eigenvalue weighted by atomic mass is 10.0. The number of amides is 1. The fourth-order valence-corrected chi connectivity index (χ4v) is 4.48. The lowest BCUT2D eigenvalue weighted by Gasteiger charge is -2.24. The summed E-state index contributed by atoms with van der Waals surface area (Å²) < 4.78 is 6.15. The smallest absolute Gasteiger partial charge is 0.224 e. The SMILES string of the molecule is CCCCCCCCCCCCCCCC(=O)Nc1ccc(OC2CCNCC2)c(C)c1.Cl. The summed E-state index contributed by atoms with van der Waals surface area (Å²) in [5.74, 6) is 1.06. The maximum Gasteiger partial charge on any atom is 0.224 e. The third kappa shape index (κ3) is 13.9. The fourth-order valence-electron chi connectivity index (χ4n) is 4.48. The van der Waals surface area contributed by atoms with Gasteiger partial charge in [0.25, 0.3) is 0 Å². The molecule has 1 aliphatic heterocycles. The Hall–Kier alpha value is -1.26. The van der Waals surface area contributed by atoms with Crippen LogP contribution >= 0.6 is 12.4 Å². The first-order chi connectivity index (χ1) is 15.7. The van der Waals surface area contributed by atoms with Crippen molar-refractivity contribution in [1.29, 1.82) is 0 Å². The van der Waals surface area contributed by atoms with Gasteiger partial charge >= 0.3 is 0 Å². The minimum Gasteiger partial charge on any atom is -0.490 e. The quantitative estimate of drug-likeness (QED) is 0.222. The molecule has 0 atom stereocenters. The summed E-state index contributed by atoms with van der Waals surface area (Å²) in [5.41, 5.74) is 1.96. The number of benzene rings is 1. The van der Waals surface area contributed by atoms with Crippen LogP contribution in [0.25, 0.3) is 0 Å². The molecule has 0 unspecified atom stereocenters. The highest BCUT2D eigenvalue weighted by atomic mass is 35.5. The van der Waals surface area contributed by atoms with Crippen molar-refractivity contribution >= 4 is 24.0 Å². The zero-order valence-electron chi connectivity index (χ0n) is 21.3. The molecule has 2 rings (SSSR count). The molecule has 1 saturated heterocycles. The summed E-state index contributed by atoms with van der Waals surface area (Å²) >= 11 is 0. The Morgan fingerprint density at radius 1 is 0.909 bits per heavy atom. The predicted molar refractivity (Wildman–Crippen MR) is 144 cm³/mol. The summed E-state index contributed by atoms with van der Waals surface area (Å²) in [5, 5.41) is 6.42. The van der Waals surface area contributed by atoms with Crippen LogP contribution in [0.2, 0.25) is 0 Å². The maximum atomic E-state index is 12.3. The Morgan fingerprint density at radius 3 is 2.00 bits per heavy atom. The molecule has 2 N–H and O–H groups in total. The maximum absolute atomic E-state index is 12.3. The average Bonchev–Trinajstić information content (AvgIpc) is 2.79. The summed E-state index contributed by atoms with van der Waals surface area (Å²) in [6.45, 7) is 6.38. The van der Waals surface area contributed by atoms with Crippen molar-refractivity contribution in [2.24, 2.45) is 0 Å². The minimum absolute atomic E-state index is 0. The molecule has 0 spiro atoms. The predicted octanol–water partition coefficient (Wildman–Crippen LogP) is 7.97. The molecule has 1 amide bonds. The van der Waals surface area contributed by atoms with Crippen LogP contribution in [0.15, 0.2) is 18.2 Å². The molecule has 5 heteroatoms. The van der Waals surface area contributed by atoms with E-state index in [0.29, 0.717) is 12.5 Å². The molecule has 0 aliphatic carbocycles. The van der Waals surface area contributed by atoms with Crippen molar-refractivity contribution in [1.82, 2.24) is 5.32 Å². The van der Waals surface area contributed by atoms with E-state index in [1.54, 1.807) is 0 Å². The second-order valence-electron chi connectivity index (χ2n) is 9.59. The van der Waals surface area contributed by atoms with E-state index >= 15 is 0 Å². The second kappa shape index (κ2) is 19.1. The van der Waals surface area contributed by atoms with E-state index in [9.17, 15) is 4.79 Å². The first-order valence-electron chi connectivity index (χ1n) is 13.5. The van der Waals surface area contributed by atoms with Crippen LogP contribution in [0, 0.1) is 6.92 Å². The molecule has 0 aromatic heterocycles. The van der Waals surface area contributed by atoms with Crippen LogP contribution in [0.4, 0.5) is 5.69 Å². The summed E-state index contributed by atoms with van der Waals surface area (Å²) in [6, 6.07) is 5.99. The second-order valence-corrected chi connectivity index (χ2v) is 9.59. The summed E-state index contributed by atoms with van der Waals surface area (Å²) in [6.07, 6.45) is 20.3. The van der Waals surface area contributed by atoms with Gasteiger partial charge < -0.3 is 15.4 Å². The molecule has 1 fully saturated rings. The van der Waals surface area contributed by atoms with Crippen LogP contribution in [-0.2, 0) is 4.79 Å². The van der Waals surface area contributed by atoms with Crippen molar-refractivity contribution in [3.63, 3.8) is 0 Å². The largest absolute Gasteiger partial charge is 0.490 e. The molecular weight excluding hydrogens is 432 g/mol. The zero-order chi connectivity index (χ0) is 22.9. The highest BCUT2D eigenvalue weighted by Crippen LogP contribution is 2.25. The number of carbonyl (C=O) groups is 1. The summed E-state index contributed by atoms with van der Waals surface area (Å²) in [4.78, 5) is 12.3. The number of unbranched alkanes of at least 4 members (excludes halogenated alkanes) is 12. The number of anilines is 1. The van der Waals surface area contributed by atoms with E-state index < -0.39 is 0 Å². The van der Waals surface area contributed by atoms with E-state index in [2.05, 4.69) is 24.5 Å². The van der Waals surface area contributed by atoms with Gasteiger partial charge in [0.05, 0.1) is 0 Å². The Balaban J connectivity index is 0.00000544. The van der Waals surface area contributed by atoms with Gasteiger partial charge in [-0.15, -0.1) is 12.4 Å². The van der Waals surface area contributed by atoms with Crippen LogP contribution in [-0.4, -0.2) is 25.1 Å². The van der Waals surface area contributed by atoms with Crippen LogP contribution < -0.4 is 15.4 Å². The lowest BCUT2D eigenvalue weighted by Crippen LogP contribution is -2.34. The Bertz CT molecular complexity index is 632. The molecule has 1 aliphatic rings. The first-order valence-corrected chi connectivity index (χ1v) is 13.5. The number of ether oxygens (including phenoxy) is 1. The van der Waals surface area contributed by atoms with E-state index in [0.717, 1.165) is 55.8 Å². The molecule has 1 heterocycles. The van der Waals surface area contributed by atoms with Gasteiger partial charge in [0.1, 0.15) is 11.9 Å². The lowest BCUT2D eigenvalue weighted by molar-refractivity contribution is -0.116. The van der Waals surface area contributed by atoms with Gasteiger partial charge in [0.15, 0.2) is 0 Å². The van der Waals surface area contributed by atoms with Gasteiger partial charge in [0.2, 0.25) is 5.91 Å². The average molecular weight is 481 g/mol. The highest BCUT2D eigenvalue weighted by molar-refractivity contribution is 5.90. The van der Waals surface area contributed by atoms with Crippen molar-refractivity contribution in [3.8, 4) is 5.75 Å². The standard InChI is InChI=1S/C28H48N2O2.ClH/c1-3-4-5-6-7-8-9-10-11-12-13-14-15-16-28(31)30-25-17-18-27(24(2)23-25)32-26-19-21-29-22-20-26;/h17-18,23,26,29H,3-16,19-22H2,1-2H3,(H,30,31);1H. The fraction of sp³-hybridized carbons (Fsp3) is 0.750. The highest BCUT2D eigenvalue weighted by Gasteiger charge is 2.15. The number of rotatable bonds is 17. The van der Waals surface area contributed by atoms with E-state index in [1.807, 2.05) is 18.2 Å². The molecule has 0 radical (unpaired) electrons. The van der Waals surface area contributed by atoms with E-state index in [4.69, 9.17) is 4.74 Å². The van der Waals surface area contributed by atoms with Crippen LogP contribution in [0.3, 0.4) is 0 Å². The number of hydrogen-bond donors (Lipinski definition) is 2. The Labute approximate surface area is 209 Å². The monoisotopic (exact) mass is 480 g/mol. The third-order valence-corrected chi connectivity index (χ3v) is 6.55. The summed E-state index contributed by atoms with van der Waals surface area (Å²) in [7, 11) is 0. The van der Waals surface area contributed by atoms with E-state index in [-0.39, 0.29) is 18.3 Å². The Morgan fingerprint density at radius 2 is 1.45 bits per heavy atom. The van der Waals surface area contributed by atoms with Gasteiger partial charge in [-0.05, 0) is 63.0 Å². The number of halogens is 1. The number of piperidine rings is 1. The molecule has 4 nitrogen and oxygen atoms in total. The van der Waals surface area contributed by atoms with Crippen molar-refractivity contribution < 1.29 is 9.53 Å². The van der Waals surface area contributed by atoms with E-state index in [1.165, 1.54) is 70.6 Å². The number of hydrogen-bond acceptors (Lipinski definition) is 3. The molecule has 33 heavy (non-hydrogen) atoms.